The highest BCUT2D eigenvalue weighted by atomic mass is 31.2. The first kappa shape index (κ1) is 97.1. The van der Waals surface area contributed by atoms with Crippen molar-refractivity contribution in [3.05, 3.63) is 0 Å². The molecule has 0 amide bonds. The van der Waals surface area contributed by atoms with Gasteiger partial charge in [0.15, 0.2) is 12.2 Å². The molecule has 0 aliphatic carbocycles. The molecule has 99 heavy (non-hydrogen) atoms. The number of carbonyl (C=O) groups excluding carboxylic acids is 4. The number of aliphatic hydroxyl groups is 1. The second-order valence-corrected chi connectivity index (χ2v) is 32.2. The van der Waals surface area contributed by atoms with E-state index >= 15 is 0 Å². The largest absolute Gasteiger partial charge is 0.472 e. The van der Waals surface area contributed by atoms with Gasteiger partial charge in [-0.3, -0.25) is 37.3 Å². The molecular weight excluding hydrogens is 1290 g/mol. The molecule has 0 aliphatic rings. The molecule has 3 N–H and O–H groups in total. The summed E-state index contributed by atoms with van der Waals surface area (Å²) < 4.78 is 68.6. The molecule has 2 unspecified atom stereocenters. The maximum atomic E-state index is 13.1. The molecule has 0 heterocycles. The van der Waals surface area contributed by atoms with Crippen molar-refractivity contribution >= 4 is 39.5 Å². The van der Waals surface area contributed by atoms with Crippen molar-refractivity contribution < 1.29 is 80.2 Å². The zero-order valence-electron chi connectivity index (χ0n) is 64.6. The smallest absolute Gasteiger partial charge is 0.462 e. The molecule has 0 saturated heterocycles. The molecule has 17 nitrogen and oxygen atoms in total. The van der Waals surface area contributed by atoms with Crippen LogP contribution in [0.25, 0.3) is 0 Å². The van der Waals surface area contributed by atoms with E-state index in [4.69, 9.17) is 37.0 Å². The maximum absolute atomic E-state index is 13.1. The summed E-state index contributed by atoms with van der Waals surface area (Å²) >= 11 is 0. The number of carbonyl (C=O) groups is 4. The highest BCUT2D eigenvalue weighted by Crippen LogP contribution is 2.45. The summed E-state index contributed by atoms with van der Waals surface area (Å²) in [6.45, 7) is 7.33. The molecule has 588 valence electrons. The zero-order chi connectivity index (χ0) is 72.7. The number of esters is 4. The van der Waals surface area contributed by atoms with Crippen LogP contribution in [-0.4, -0.2) is 96.7 Å². The fourth-order valence-electron chi connectivity index (χ4n) is 12.4. The first-order valence-corrected chi connectivity index (χ1v) is 44.6. The number of aliphatic hydroxyl groups excluding tert-OH is 1. The van der Waals surface area contributed by atoms with Crippen LogP contribution in [0.15, 0.2) is 0 Å². The lowest BCUT2D eigenvalue weighted by Gasteiger charge is -2.21. The summed E-state index contributed by atoms with van der Waals surface area (Å²) in [5.41, 5.74) is 0. The van der Waals surface area contributed by atoms with Gasteiger partial charge in [0.25, 0.3) is 0 Å². The van der Waals surface area contributed by atoms with Crippen LogP contribution in [0.3, 0.4) is 0 Å². The fraction of sp³-hybridized carbons (Fsp3) is 0.950. The van der Waals surface area contributed by atoms with Crippen LogP contribution in [0, 0.1) is 5.92 Å². The van der Waals surface area contributed by atoms with Crippen molar-refractivity contribution in [2.24, 2.45) is 5.92 Å². The highest BCUT2D eigenvalue weighted by molar-refractivity contribution is 7.47. The first-order chi connectivity index (χ1) is 48.0. The minimum atomic E-state index is -4.96. The molecule has 0 fully saturated rings. The van der Waals surface area contributed by atoms with Crippen LogP contribution in [-0.2, 0) is 65.4 Å². The summed E-state index contributed by atoms with van der Waals surface area (Å²) in [6, 6.07) is 0. The molecule has 0 rings (SSSR count). The number of hydrogen-bond donors (Lipinski definition) is 3. The quantitative estimate of drug-likeness (QED) is 0.0222. The van der Waals surface area contributed by atoms with Gasteiger partial charge in [-0.25, -0.2) is 9.13 Å². The number of hydrogen-bond acceptors (Lipinski definition) is 15. The topological polar surface area (TPSA) is 237 Å². The van der Waals surface area contributed by atoms with Crippen LogP contribution >= 0.6 is 15.6 Å². The summed E-state index contributed by atoms with van der Waals surface area (Å²) in [4.78, 5) is 72.8. The van der Waals surface area contributed by atoms with Crippen molar-refractivity contribution in [1.29, 1.82) is 0 Å². The van der Waals surface area contributed by atoms with E-state index in [2.05, 4.69) is 34.6 Å². The molecule has 0 radical (unpaired) electrons. The molecule has 0 spiro atoms. The van der Waals surface area contributed by atoms with Gasteiger partial charge in [-0.05, 0) is 31.6 Å². The molecule has 0 aromatic heterocycles. The molecule has 0 aromatic rings. The average Bonchev–Trinajstić information content (AvgIpc) is 1.36. The predicted octanol–water partition coefficient (Wildman–Crippen LogP) is 24.0. The van der Waals surface area contributed by atoms with Crippen LogP contribution in [0.1, 0.15) is 426 Å². The lowest BCUT2D eigenvalue weighted by Crippen LogP contribution is -2.30. The van der Waals surface area contributed by atoms with Gasteiger partial charge in [0.2, 0.25) is 0 Å². The summed E-state index contributed by atoms with van der Waals surface area (Å²) in [6.07, 6.45) is 63.9. The van der Waals surface area contributed by atoms with Crippen molar-refractivity contribution in [3.63, 3.8) is 0 Å². The van der Waals surface area contributed by atoms with E-state index in [1.807, 2.05) is 0 Å². The molecule has 0 aliphatic heterocycles. The average molecular weight is 1450 g/mol. The van der Waals surface area contributed by atoms with Gasteiger partial charge < -0.3 is 33.8 Å². The van der Waals surface area contributed by atoms with Gasteiger partial charge in [-0.2, -0.15) is 0 Å². The van der Waals surface area contributed by atoms with E-state index < -0.39 is 97.5 Å². The van der Waals surface area contributed by atoms with Crippen molar-refractivity contribution in [2.75, 3.05) is 39.6 Å². The number of ether oxygens (including phenoxy) is 4. The Morgan fingerprint density at radius 2 is 0.465 bits per heavy atom. The molecule has 0 saturated carbocycles. The minimum Gasteiger partial charge on any atom is -0.462 e. The Morgan fingerprint density at radius 1 is 0.273 bits per heavy atom. The summed E-state index contributed by atoms with van der Waals surface area (Å²) in [5, 5.41) is 10.6. The maximum Gasteiger partial charge on any atom is 0.472 e. The number of rotatable bonds is 80. The lowest BCUT2D eigenvalue weighted by molar-refractivity contribution is -0.161. The third-order valence-corrected chi connectivity index (χ3v) is 20.7. The van der Waals surface area contributed by atoms with Gasteiger partial charge in [-0.1, -0.05) is 375 Å². The van der Waals surface area contributed by atoms with E-state index in [-0.39, 0.29) is 25.7 Å². The molecule has 0 bridgehead atoms. The van der Waals surface area contributed by atoms with Gasteiger partial charge in [-0.15, -0.1) is 0 Å². The number of phosphoric ester groups is 2. The monoisotopic (exact) mass is 1450 g/mol. The highest BCUT2D eigenvalue weighted by Gasteiger charge is 2.30. The molecule has 0 aromatic carbocycles. The second kappa shape index (κ2) is 73.0. The second-order valence-electron chi connectivity index (χ2n) is 29.3. The van der Waals surface area contributed by atoms with E-state index in [0.717, 1.165) is 102 Å². The number of phosphoric acid groups is 2. The first-order valence-electron chi connectivity index (χ1n) is 41.6. The Bertz CT molecular complexity index is 1890. The Morgan fingerprint density at radius 3 is 0.687 bits per heavy atom. The van der Waals surface area contributed by atoms with Crippen molar-refractivity contribution in [1.82, 2.24) is 0 Å². The van der Waals surface area contributed by atoms with Gasteiger partial charge in [0.05, 0.1) is 26.4 Å². The van der Waals surface area contributed by atoms with Gasteiger partial charge >= 0.3 is 39.5 Å². The molecule has 5 atom stereocenters. The van der Waals surface area contributed by atoms with Crippen LogP contribution in [0.5, 0.6) is 0 Å². The Labute approximate surface area is 607 Å². The SMILES string of the molecule is CCCCCCCCCCCCCCCCCCCCC(=O)OC[C@H](COP(=O)(O)OC[C@@H](O)COP(=O)(O)OC[C@@H](COC(=O)CCCCCCCCCC)OC(=O)CCCCCCCCCCCCCC)OC(=O)CCCCCCCCCCCCCCCCCCCCC(C)C. The van der Waals surface area contributed by atoms with Crippen LogP contribution in [0.4, 0.5) is 0 Å². The minimum absolute atomic E-state index is 0.108. The predicted molar refractivity (Wildman–Crippen MR) is 405 cm³/mol. The lowest BCUT2D eigenvalue weighted by atomic mass is 10.0. The molecule has 19 heteroatoms. The summed E-state index contributed by atoms with van der Waals surface area (Å²) in [5.74, 6) is -1.29. The van der Waals surface area contributed by atoms with Crippen LogP contribution < -0.4 is 0 Å². The van der Waals surface area contributed by atoms with Crippen LogP contribution in [0.2, 0.25) is 0 Å². The zero-order valence-corrected chi connectivity index (χ0v) is 66.4. The fourth-order valence-corrected chi connectivity index (χ4v) is 14.0. The van der Waals surface area contributed by atoms with E-state index in [1.165, 1.54) is 244 Å². The molecular formula is C80H156O17P2. The van der Waals surface area contributed by atoms with Gasteiger partial charge in [0.1, 0.15) is 19.3 Å². The normalized spacial score (nSPS) is 13.9. The third-order valence-electron chi connectivity index (χ3n) is 18.8. The Hall–Kier alpha value is -1.94. The number of unbranched alkanes of at least 4 members (excludes halogenated alkanes) is 52. The van der Waals surface area contributed by atoms with Crippen molar-refractivity contribution in [2.45, 2.75) is 445 Å². The van der Waals surface area contributed by atoms with E-state index in [9.17, 15) is 43.2 Å². The third kappa shape index (κ3) is 74.1. The van der Waals surface area contributed by atoms with E-state index in [0.29, 0.717) is 25.7 Å². The Balaban J connectivity index is 5.18. The van der Waals surface area contributed by atoms with E-state index in [1.54, 1.807) is 0 Å². The summed E-state index contributed by atoms with van der Waals surface area (Å²) in [7, 11) is -9.91. The standard InChI is InChI=1S/C80H156O17P2/c1-6-9-12-15-18-21-23-25-26-27-31-34-37-41-44-49-54-59-64-78(83)91-70-76(97-80(85)66-61-56-51-46-42-38-35-32-29-28-30-33-36-39-43-47-52-57-62-73(4)5)72-95-99(88,89)93-68-74(81)67-92-98(86,87)94-71-75(69-90-77(82)63-58-53-48-20-17-14-11-8-3)96-79(84)65-60-55-50-45-40-24-22-19-16-13-10-7-2/h73-76,81H,6-72H2,1-5H3,(H,86,87)(H,88,89)/t74-,75+,76+/m0/s1. The Kier molecular flexibility index (Phi) is 71.6. The van der Waals surface area contributed by atoms with Crippen molar-refractivity contribution in [3.8, 4) is 0 Å². The van der Waals surface area contributed by atoms with Gasteiger partial charge in [0, 0.05) is 25.7 Å².